The Bertz CT molecular complexity index is 536. The molecule has 19 heavy (non-hydrogen) atoms. The summed E-state index contributed by atoms with van der Waals surface area (Å²) in [6.45, 7) is 11.7. The van der Waals surface area contributed by atoms with E-state index < -0.39 is 0 Å². The van der Waals surface area contributed by atoms with Crippen molar-refractivity contribution < 1.29 is 4.74 Å². The number of nitrogens with two attached hydrogens (primary N) is 1. The van der Waals surface area contributed by atoms with E-state index in [0.29, 0.717) is 6.54 Å². The van der Waals surface area contributed by atoms with E-state index in [0.717, 1.165) is 12.2 Å². The van der Waals surface area contributed by atoms with Crippen LogP contribution in [0.3, 0.4) is 0 Å². The fraction of sp³-hybridized carbons (Fsp3) is 0.625. The molecule has 0 aromatic heterocycles. The Morgan fingerprint density at radius 3 is 2.05 bits per heavy atom. The number of methoxy groups -OCH3 is 1. The van der Waals surface area contributed by atoms with Crippen molar-refractivity contribution in [3.8, 4) is 5.75 Å². The first-order chi connectivity index (χ1) is 8.73. The molecule has 0 saturated heterocycles. The van der Waals surface area contributed by atoms with E-state index in [4.69, 9.17) is 10.5 Å². The van der Waals surface area contributed by atoms with Crippen LogP contribution in [-0.4, -0.2) is 13.7 Å². The molecule has 1 aliphatic carbocycles. The van der Waals surface area contributed by atoms with Gasteiger partial charge < -0.3 is 10.5 Å². The monoisotopic (exact) mass is 325 g/mol. The lowest BCUT2D eigenvalue weighted by molar-refractivity contribution is 0.390. The molecule has 0 heterocycles. The van der Waals surface area contributed by atoms with Gasteiger partial charge in [-0.1, -0.05) is 29.8 Å². The minimum absolute atomic E-state index is 0.0589. The van der Waals surface area contributed by atoms with Crippen LogP contribution in [0.1, 0.15) is 42.5 Å². The second kappa shape index (κ2) is 4.49. The molecule has 1 fully saturated rings. The lowest BCUT2D eigenvalue weighted by atomic mass is 9.82. The smallest absolute Gasteiger partial charge is 0.126 e. The van der Waals surface area contributed by atoms with Gasteiger partial charge in [0, 0.05) is 22.0 Å². The summed E-state index contributed by atoms with van der Waals surface area (Å²) in [5.41, 5.74) is 11.5. The predicted octanol–water partition coefficient (Wildman–Crippen LogP) is 4.01. The van der Waals surface area contributed by atoms with Gasteiger partial charge in [0.1, 0.15) is 5.75 Å². The molecule has 1 aromatic carbocycles. The van der Waals surface area contributed by atoms with Crippen LogP contribution in [0.15, 0.2) is 4.47 Å². The zero-order chi connectivity index (χ0) is 14.6. The van der Waals surface area contributed by atoms with Gasteiger partial charge in [-0.2, -0.15) is 0 Å². The SMILES string of the molecule is COc1c(C)c(C)c(Br)c(C)c1C1(CN)CC1(C)C. The van der Waals surface area contributed by atoms with Crippen molar-refractivity contribution in [1.29, 1.82) is 0 Å². The van der Waals surface area contributed by atoms with Gasteiger partial charge in [0.15, 0.2) is 0 Å². The molecule has 0 spiro atoms. The molecule has 106 valence electrons. The van der Waals surface area contributed by atoms with E-state index in [1.54, 1.807) is 7.11 Å². The van der Waals surface area contributed by atoms with Crippen LogP contribution >= 0.6 is 15.9 Å². The van der Waals surface area contributed by atoms with Gasteiger partial charge in [-0.15, -0.1) is 0 Å². The third-order valence-electron chi connectivity index (χ3n) is 5.11. The third kappa shape index (κ3) is 1.85. The number of hydrogen-bond acceptors (Lipinski definition) is 2. The Balaban J connectivity index is 2.78. The lowest BCUT2D eigenvalue weighted by Gasteiger charge is -2.27. The second-order valence-electron chi connectivity index (χ2n) is 6.44. The molecule has 1 saturated carbocycles. The summed E-state index contributed by atoms with van der Waals surface area (Å²) in [5.74, 6) is 1.02. The highest BCUT2D eigenvalue weighted by Crippen LogP contribution is 2.66. The largest absolute Gasteiger partial charge is 0.496 e. The van der Waals surface area contributed by atoms with Gasteiger partial charge in [0.05, 0.1) is 7.11 Å². The average molecular weight is 326 g/mol. The number of halogens is 1. The number of hydrogen-bond donors (Lipinski definition) is 1. The summed E-state index contributed by atoms with van der Waals surface area (Å²) >= 11 is 3.73. The molecule has 2 nitrogen and oxygen atoms in total. The first kappa shape index (κ1) is 14.9. The summed E-state index contributed by atoms with van der Waals surface area (Å²) in [6.07, 6.45) is 1.13. The quantitative estimate of drug-likeness (QED) is 0.911. The zero-order valence-electron chi connectivity index (χ0n) is 12.8. The highest BCUT2D eigenvalue weighted by molar-refractivity contribution is 9.10. The van der Waals surface area contributed by atoms with Gasteiger partial charge in [-0.05, 0) is 49.3 Å². The van der Waals surface area contributed by atoms with Crippen molar-refractivity contribution >= 4 is 15.9 Å². The summed E-state index contributed by atoms with van der Waals surface area (Å²) < 4.78 is 6.93. The van der Waals surface area contributed by atoms with Gasteiger partial charge in [0.25, 0.3) is 0 Å². The van der Waals surface area contributed by atoms with Crippen LogP contribution in [-0.2, 0) is 5.41 Å². The van der Waals surface area contributed by atoms with Crippen LogP contribution in [0.25, 0.3) is 0 Å². The minimum Gasteiger partial charge on any atom is -0.496 e. The maximum atomic E-state index is 6.14. The lowest BCUT2D eigenvalue weighted by Crippen LogP contribution is -2.27. The third-order valence-corrected chi connectivity index (χ3v) is 6.30. The molecule has 1 atom stereocenters. The Hall–Kier alpha value is -0.540. The second-order valence-corrected chi connectivity index (χ2v) is 7.24. The number of rotatable bonds is 3. The molecule has 0 radical (unpaired) electrons. The van der Waals surface area contributed by atoms with Crippen molar-refractivity contribution in [2.45, 2.75) is 46.5 Å². The average Bonchev–Trinajstić information content (AvgIpc) is 2.94. The van der Waals surface area contributed by atoms with Crippen molar-refractivity contribution in [1.82, 2.24) is 0 Å². The molecule has 2 rings (SSSR count). The van der Waals surface area contributed by atoms with Crippen LogP contribution in [0.5, 0.6) is 5.75 Å². The molecule has 1 unspecified atom stereocenters. The molecule has 1 aromatic rings. The van der Waals surface area contributed by atoms with Crippen molar-refractivity contribution in [3.63, 3.8) is 0 Å². The Labute approximate surface area is 124 Å². The summed E-state index contributed by atoms with van der Waals surface area (Å²) in [5, 5.41) is 0. The number of ether oxygens (including phenoxy) is 1. The standard InChI is InChI=1S/C16H24BrNO/c1-9-10(2)14(19-6)12(11(3)13(9)17)16(8-18)7-15(16,4)5/h7-8,18H2,1-6H3. The fourth-order valence-electron chi connectivity index (χ4n) is 3.50. The van der Waals surface area contributed by atoms with Gasteiger partial charge in [-0.3, -0.25) is 0 Å². The highest BCUT2D eigenvalue weighted by Gasteiger charge is 2.62. The van der Waals surface area contributed by atoms with Gasteiger partial charge in [0.2, 0.25) is 0 Å². The summed E-state index contributed by atoms with van der Waals surface area (Å²) in [6, 6.07) is 0. The maximum absolute atomic E-state index is 6.14. The van der Waals surface area contributed by atoms with E-state index in [9.17, 15) is 0 Å². The molecular weight excluding hydrogens is 302 g/mol. The molecule has 0 bridgehead atoms. The molecule has 0 amide bonds. The van der Waals surface area contributed by atoms with Crippen molar-refractivity contribution in [2.24, 2.45) is 11.1 Å². The van der Waals surface area contributed by atoms with E-state index in [-0.39, 0.29) is 10.8 Å². The van der Waals surface area contributed by atoms with Crippen molar-refractivity contribution in [3.05, 3.63) is 26.7 Å². The first-order valence-corrected chi connectivity index (χ1v) is 7.56. The predicted molar refractivity (Wildman–Crippen MR) is 84.0 cm³/mol. The van der Waals surface area contributed by atoms with Crippen LogP contribution in [0.2, 0.25) is 0 Å². The molecule has 1 aliphatic rings. The first-order valence-electron chi connectivity index (χ1n) is 6.77. The number of benzene rings is 1. The summed E-state index contributed by atoms with van der Waals surface area (Å²) in [7, 11) is 1.76. The molecular formula is C16H24BrNO. The van der Waals surface area contributed by atoms with E-state index in [2.05, 4.69) is 50.5 Å². The van der Waals surface area contributed by atoms with E-state index >= 15 is 0 Å². The van der Waals surface area contributed by atoms with E-state index in [1.165, 1.54) is 26.7 Å². The van der Waals surface area contributed by atoms with E-state index in [1.807, 2.05) is 0 Å². The molecule has 0 aliphatic heterocycles. The molecule has 2 N–H and O–H groups in total. The Kier molecular flexibility index (Phi) is 3.51. The van der Waals surface area contributed by atoms with Gasteiger partial charge >= 0.3 is 0 Å². The molecule has 3 heteroatoms. The Morgan fingerprint density at radius 2 is 1.68 bits per heavy atom. The maximum Gasteiger partial charge on any atom is 0.126 e. The van der Waals surface area contributed by atoms with Crippen LogP contribution < -0.4 is 10.5 Å². The van der Waals surface area contributed by atoms with Crippen LogP contribution in [0, 0.1) is 26.2 Å². The summed E-state index contributed by atoms with van der Waals surface area (Å²) in [4.78, 5) is 0. The topological polar surface area (TPSA) is 35.2 Å². The normalized spacial score (nSPS) is 24.4. The Morgan fingerprint density at radius 1 is 1.16 bits per heavy atom. The van der Waals surface area contributed by atoms with Crippen molar-refractivity contribution in [2.75, 3.05) is 13.7 Å². The zero-order valence-corrected chi connectivity index (χ0v) is 14.4. The fourth-order valence-corrected chi connectivity index (χ4v) is 4.00. The van der Waals surface area contributed by atoms with Crippen LogP contribution in [0.4, 0.5) is 0 Å². The van der Waals surface area contributed by atoms with Gasteiger partial charge in [-0.25, -0.2) is 0 Å². The highest BCUT2D eigenvalue weighted by atomic mass is 79.9. The minimum atomic E-state index is 0.0589.